The van der Waals surface area contributed by atoms with Crippen molar-refractivity contribution < 1.29 is 19.5 Å². The predicted molar refractivity (Wildman–Crippen MR) is 134 cm³/mol. The summed E-state index contributed by atoms with van der Waals surface area (Å²) >= 11 is 7.63. The van der Waals surface area contributed by atoms with E-state index in [1.807, 2.05) is 48.7 Å². The molecule has 178 valence electrons. The molecule has 2 aromatic carbocycles. The van der Waals surface area contributed by atoms with E-state index in [2.05, 4.69) is 0 Å². The molecule has 0 saturated carbocycles. The molecule has 1 N–H and O–H groups in total. The number of carboxylic acid groups (broad SMARTS) is 1. The standard InChI is InChI=1S/C26H27ClN2O4S/c1-26(12-14-29(26)23(30)16-19-4-2-5-22-21(19)11-15-34-22)25(33)28(13-3-6-24(31)32)17-18-7-9-20(27)10-8-18/h2,4-5,7-11,15H,3,6,12-14,16-17H2,1H3,(H,31,32). The fraction of sp³-hybridized carbons (Fsp3) is 0.346. The Morgan fingerprint density at radius 2 is 1.91 bits per heavy atom. The topological polar surface area (TPSA) is 77.9 Å². The molecule has 1 aliphatic rings. The van der Waals surface area contributed by atoms with Gasteiger partial charge < -0.3 is 14.9 Å². The molecule has 8 heteroatoms. The fourth-order valence-electron chi connectivity index (χ4n) is 4.47. The highest BCUT2D eigenvalue weighted by atomic mass is 35.5. The van der Waals surface area contributed by atoms with E-state index in [-0.39, 0.29) is 24.7 Å². The number of rotatable bonds is 9. The lowest BCUT2D eigenvalue weighted by atomic mass is 9.84. The van der Waals surface area contributed by atoms with Crippen molar-refractivity contribution >= 4 is 50.8 Å². The largest absolute Gasteiger partial charge is 0.481 e. The number of nitrogens with zero attached hydrogens (tertiary/aromatic N) is 2. The molecule has 2 amide bonds. The SMILES string of the molecule is CC1(C(=O)N(CCCC(=O)O)Cc2ccc(Cl)cc2)CCN1C(=O)Cc1cccc2sccc12. The predicted octanol–water partition coefficient (Wildman–Crippen LogP) is 4.98. The monoisotopic (exact) mass is 498 g/mol. The Morgan fingerprint density at radius 1 is 1.15 bits per heavy atom. The number of hydrogen-bond acceptors (Lipinski definition) is 4. The van der Waals surface area contributed by atoms with E-state index < -0.39 is 11.5 Å². The molecule has 1 saturated heterocycles. The van der Waals surface area contributed by atoms with Gasteiger partial charge in [0.15, 0.2) is 0 Å². The smallest absolute Gasteiger partial charge is 0.303 e. The minimum Gasteiger partial charge on any atom is -0.481 e. The van der Waals surface area contributed by atoms with Gasteiger partial charge >= 0.3 is 5.97 Å². The second kappa shape index (κ2) is 10.2. The number of benzene rings is 2. The third-order valence-corrected chi connectivity index (χ3v) is 7.63. The molecule has 34 heavy (non-hydrogen) atoms. The van der Waals surface area contributed by atoms with E-state index >= 15 is 0 Å². The maximum atomic E-state index is 13.7. The molecule has 1 atom stereocenters. The van der Waals surface area contributed by atoms with Crippen LogP contribution in [0, 0.1) is 0 Å². The molecule has 3 aromatic rings. The molecule has 1 aromatic heterocycles. The zero-order valence-electron chi connectivity index (χ0n) is 19.0. The third kappa shape index (κ3) is 5.10. The highest BCUT2D eigenvalue weighted by Crippen LogP contribution is 2.34. The summed E-state index contributed by atoms with van der Waals surface area (Å²) in [5.74, 6) is -1.12. The Balaban J connectivity index is 1.50. The molecular weight excluding hydrogens is 472 g/mol. The first kappa shape index (κ1) is 24.2. The van der Waals surface area contributed by atoms with E-state index in [1.54, 1.807) is 33.3 Å². The van der Waals surface area contributed by atoms with Gasteiger partial charge in [0, 0.05) is 35.8 Å². The summed E-state index contributed by atoms with van der Waals surface area (Å²) < 4.78 is 1.14. The van der Waals surface area contributed by atoms with Crippen LogP contribution in [0.1, 0.15) is 37.3 Å². The maximum absolute atomic E-state index is 13.7. The van der Waals surface area contributed by atoms with E-state index in [4.69, 9.17) is 16.7 Å². The van der Waals surface area contributed by atoms with Gasteiger partial charge in [-0.25, -0.2) is 0 Å². The number of amides is 2. The van der Waals surface area contributed by atoms with E-state index in [0.29, 0.717) is 37.5 Å². The minimum absolute atomic E-state index is 0.0194. The van der Waals surface area contributed by atoms with Crippen molar-refractivity contribution in [3.63, 3.8) is 0 Å². The van der Waals surface area contributed by atoms with Crippen LogP contribution in [-0.2, 0) is 27.3 Å². The van der Waals surface area contributed by atoms with Gasteiger partial charge in [0.25, 0.3) is 0 Å². The number of carbonyl (C=O) groups is 3. The van der Waals surface area contributed by atoms with Crippen molar-refractivity contribution in [3.8, 4) is 0 Å². The van der Waals surface area contributed by atoms with Gasteiger partial charge in [-0.15, -0.1) is 11.3 Å². The number of hydrogen-bond donors (Lipinski definition) is 1. The van der Waals surface area contributed by atoms with Gasteiger partial charge in [-0.3, -0.25) is 14.4 Å². The molecule has 0 bridgehead atoms. The van der Waals surface area contributed by atoms with Crippen molar-refractivity contribution in [2.45, 2.75) is 44.7 Å². The molecular formula is C26H27ClN2O4S. The van der Waals surface area contributed by atoms with E-state index in [9.17, 15) is 14.4 Å². The first-order valence-corrected chi connectivity index (χ1v) is 12.5. The van der Waals surface area contributed by atoms with Crippen LogP contribution >= 0.6 is 22.9 Å². The summed E-state index contributed by atoms with van der Waals surface area (Å²) in [6.45, 7) is 2.99. The van der Waals surface area contributed by atoms with Crippen LogP contribution in [0.5, 0.6) is 0 Å². The Bertz CT molecular complexity index is 1210. The van der Waals surface area contributed by atoms with Crippen LogP contribution in [0.2, 0.25) is 5.02 Å². The maximum Gasteiger partial charge on any atom is 0.303 e. The molecule has 1 fully saturated rings. The molecule has 4 rings (SSSR count). The average Bonchev–Trinajstić information content (AvgIpc) is 3.28. The fourth-order valence-corrected chi connectivity index (χ4v) is 5.43. The summed E-state index contributed by atoms with van der Waals surface area (Å²) in [4.78, 5) is 41.3. The lowest BCUT2D eigenvalue weighted by Gasteiger charge is -2.51. The Labute approximate surface area is 207 Å². The van der Waals surface area contributed by atoms with Crippen LogP contribution in [0.25, 0.3) is 10.1 Å². The second-order valence-electron chi connectivity index (χ2n) is 8.85. The molecule has 0 aliphatic carbocycles. The van der Waals surface area contributed by atoms with Crippen LogP contribution in [-0.4, -0.2) is 51.3 Å². The van der Waals surface area contributed by atoms with Gasteiger partial charge in [0.05, 0.1) is 6.42 Å². The van der Waals surface area contributed by atoms with Crippen LogP contribution in [0.4, 0.5) is 0 Å². The van der Waals surface area contributed by atoms with Gasteiger partial charge in [-0.05, 0) is 65.9 Å². The van der Waals surface area contributed by atoms with Gasteiger partial charge in [-0.1, -0.05) is 35.9 Å². The third-order valence-electron chi connectivity index (χ3n) is 6.50. The molecule has 0 spiro atoms. The Morgan fingerprint density at radius 3 is 2.59 bits per heavy atom. The quantitative estimate of drug-likeness (QED) is 0.451. The van der Waals surface area contributed by atoms with Crippen molar-refractivity contribution in [3.05, 3.63) is 70.1 Å². The van der Waals surface area contributed by atoms with Crippen LogP contribution in [0.3, 0.4) is 0 Å². The van der Waals surface area contributed by atoms with Gasteiger partial charge in [-0.2, -0.15) is 0 Å². The summed E-state index contributed by atoms with van der Waals surface area (Å²) in [5.41, 5.74) is 0.929. The zero-order chi connectivity index (χ0) is 24.3. The number of carbonyl (C=O) groups excluding carboxylic acids is 2. The first-order valence-electron chi connectivity index (χ1n) is 11.3. The van der Waals surface area contributed by atoms with Crippen LogP contribution < -0.4 is 0 Å². The molecule has 2 heterocycles. The normalized spacial score (nSPS) is 17.4. The number of halogens is 1. The Kier molecular flexibility index (Phi) is 7.24. The van der Waals surface area contributed by atoms with E-state index in [0.717, 1.165) is 21.2 Å². The van der Waals surface area contributed by atoms with Crippen LogP contribution in [0.15, 0.2) is 53.9 Å². The van der Waals surface area contributed by atoms with Crippen molar-refractivity contribution in [1.29, 1.82) is 0 Å². The lowest BCUT2D eigenvalue weighted by molar-refractivity contribution is -0.164. The van der Waals surface area contributed by atoms with Crippen molar-refractivity contribution in [2.24, 2.45) is 0 Å². The molecule has 1 aliphatic heterocycles. The van der Waals surface area contributed by atoms with Gasteiger partial charge in [0.1, 0.15) is 5.54 Å². The minimum atomic E-state index is -0.935. The molecule has 6 nitrogen and oxygen atoms in total. The highest BCUT2D eigenvalue weighted by molar-refractivity contribution is 7.17. The lowest BCUT2D eigenvalue weighted by Crippen LogP contribution is -2.68. The average molecular weight is 499 g/mol. The molecule has 0 radical (unpaired) electrons. The molecule has 1 unspecified atom stereocenters. The van der Waals surface area contributed by atoms with Gasteiger partial charge in [0.2, 0.25) is 11.8 Å². The zero-order valence-corrected chi connectivity index (χ0v) is 20.6. The summed E-state index contributed by atoms with van der Waals surface area (Å²) in [5, 5.41) is 12.7. The first-order chi connectivity index (χ1) is 16.3. The summed E-state index contributed by atoms with van der Waals surface area (Å²) in [6, 6.07) is 15.2. The number of carboxylic acids is 1. The van der Waals surface area contributed by atoms with E-state index in [1.165, 1.54) is 0 Å². The highest BCUT2D eigenvalue weighted by Gasteiger charge is 2.50. The number of likely N-dealkylation sites (tertiary alicyclic amines) is 1. The number of fused-ring (bicyclic) bond motifs is 1. The second-order valence-corrected chi connectivity index (χ2v) is 10.2. The summed E-state index contributed by atoms with van der Waals surface area (Å²) in [7, 11) is 0. The van der Waals surface area contributed by atoms with Crippen molar-refractivity contribution in [2.75, 3.05) is 13.1 Å². The Hall–Kier alpha value is -2.90. The summed E-state index contributed by atoms with van der Waals surface area (Å²) in [6.07, 6.45) is 1.15. The number of aliphatic carboxylic acids is 1. The number of thiophene rings is 1. The van der Waals surface area contributed by atoms with Crippen molar-refractivity contribution in [1.82, 2.24) is 9.80 Å².